The van der Waals surface area contributed by atoms with Gasteiger partial charge in [-0.2, -0.15) is 0 Å². The van der Waals surface area contributed by atoms with Crippen molar-refractivity contribution in [3.05, 3.63) is 57.6 Å². The molecule has 0 aliphatic heterocycles. The summed E-state index contributed by atoms with van der Waals surface area (Å²) in [5.74, 6) is 0.00379. The lowest BCUT2D eigenvalue weighted by Crippen LogP contribution is -2.15. The van der Waals surface area contributed by atoms with E-state index in [9.17, 15) is 18.5 Å². The van der Waals surface area contributed by atoms with Crippen LogP contribution in [0.25, 0.3) is 0 Å². The molecule has 0 aromatic heterocycles. The van der Waals surface area contributed by atoms with Gasteiger partial charge in [-0.15, -0.1) is 0 Å². The van der Waals surface area contributed by atoms with Gasteiger partial charge in [0.05, 0.1) is 22.6 Å². The van der Waals surface area contributed by atoms with Gasteiger partial charge in [-0.25, -0.2) is 8.42 Å². The number of nitro groups is 1. The minimum absolute atomic E-state index is 0.00379. The Hall–Kier alpha value is -2.61. The van der Waals surface area contributed by atoms with Crippen LogP contribution in [0, 0.1) is 17.0 Å². The summed E-state index contributed by atoms with van der Waals surface area (Å²) in [6, 6.07) is 9.02. The van der Waals surface area contributed by atoms with Gasteiger partial charge in [0.25, 0.3) is 10.0 Å². The monoisotopic (exact) mass is 350 g/mol. The number of para-hydroxylation sites is 1. The van der Waals surface area contributed by atoms with Crippen molar-refractivity contribution in [1.29, 1.82) is 0 Å². The molecule has 0 aliphatic rings. The van der Waals surface area contributed by atoms with Gasteiger partial charge < -0.3 is 4.74 Å². The van der Waals surface area contributed by atoms with Crippen LogP contribution in [0.4, 0.5) is 11.4 Å². The first kappa shape index (κ1) is 17.7. The van der Waals surface area contributed by atoms with Gasteiger partial charge in [0.15, 0.2) is 5.75 Å². The summed E-state index contributed by atoms with van der Waals surface area (Å²) < 4.78 is 32.7. The van der Waals surface area contributed by atoms with Crippen molar-refractivity contribution in [2.75, 3.05) is 11.8 Å². The SMILES string of the molecule is CCc1cccc(C)c1NS(=O)(=O)c1ccc(OC)c([N+](=O)[O-])c1. The van der Waals surface area contributed by atoms with Crippen LogP contribution in [0.3, 0.4) is 0 Å². The molecule has 0 amide bonds. The smallest absolute Gasteiger partial charge is 0.312 e. The number of nitro benzene ring substituents is 1. The van der Waals surface area contributed by atoms with E-state index in [-0.39, 0.29) is 10.6 Å². The predicted octanol–water partition coefficient (Wildman–Crippen LogP) is 3.28. The molecule has 7 nitrogen and oxygen atoms in total. The minimum atomic E-state index is -3.96. The zero-order valence-corrected chi connectivity index (χ0v) is 14.4. The molecule has 128 valence electrons. The fourth-order valence-corrected chi connectivity index (χ4v) is 3.53. The van der Waals surface area contributed by atoms with Gasteiger partial charge >= 0.3 is 5.69 Å². The molecular weight excluding hydrogens is 332 g/mol. The van der Waals surface area contributed by atoms with Crippen molar-refractivity contribution >= 4 is 21.4 Å². The second-order valence-electron chi connectivity index (χ2n) is 5.16. The molecule has 0 saturated heterocycles. The molecular formula is C16H18N2O5S. The third kappa shape index (κ3) is 3.48. The Morgan fingerprint density at radius 3 is 2.54 bits per heavy atom. The molecule has 2 rings (SSSR count). The first-order valence-corrected chi connectivity index (χ1v) is 8.72. The number of ether oxygens (including phenoxy) is 1. The van der Waals surface area contributed by atoms with Gasteiger partial charge in [-0.3, -0.25) is 14.8 Å². The van der Waals surface area contributed by atoms with Gasteiger partial charge in [0.1, 0.15) is 0 Å². The van der Waals surface area contributed by atoms with E-state index in [1.54, 1.807) is 13.0 Å². The van der Waals surface area contributed by atoms with Crippen molar-refractivity contribution in [2.45, 2.75) is 25.2 Å². The molecule has 0 unspecified atom stereocenters. The molecule has 0 bridgehead atoms. The Morgan fingerprint density at radius 1 is 1.25 bits per heavy atom. The first-order valence-electron chi connectivity index (χ1n) is 7.24. The van der Waals surface area contributed by atoms with Gasteiger partial charge in [0, 0.05) is 6.07 Å². The van der Waals surface area contributed by atoms with Gasteiger partial charge in [0.2, 0.25) is 0 Å². The Labute approximate surface area is 140 Å². The quantitative estimate of drug-likeness (QED) is 0.637. The maximum atomic E-state index is 12.6. The van der Waals surface area contributed by atoms with Crippen LogP contribution in [-0.2, 0) is 16.4 Å². The average molecular weight is 350 g/mol. The molecule has 0 spiro atoms. The highest BCUT2D eigenvalue weighted by atomic mass is 32.2. The lowest BCUT2D eigenvalue weighted by Gasteiger charge is -2.14. The minimum Gasteiger partial charge on any atom is -0.490 e. The standard InChI is InChI=1S/C16H18N2O5S/c1-4-12-7-5-6-11(2)16(12)17-24(21,22)13-8-9-15(23-3)14(10-13)18(19)20/h5-10,17H,4H2,1-3H3. The van der Waals surface area contributed by atoms with Gasteiger partial charge in [-0.05, 0) is 36.6 Å². The number of nitrogens with one attached hydrogen (secondary N) is 1. The van der Waals surface area contributed by atoms with Crippen LogP contribution in [-0.4, -0.2) is 20.5 Å². The maximum Gasteiger partial charge on any atom is 0.312 e. The van der Waals surface area contributed by atoms with Crippen LogP contribution in [0.2, 0.25) is 0 Å². The molecule has 24 heavy (non-hydrogen) atoms. The second kappa shape index (κ2) is 6.88. The summed E-state index contributed by atoms with van der Waals surface area (Å²) in [6.45, 7) is 3.72. The van der Waals surface area contributed by atoms with Crippen molar-refractivity contribution < 1.29 is 18.1 Å². The largest absolute Gasteiger partial charge is 0.490 e. The van der Waals surface area contributed by atoms with Crippen molar-refractivity contribution in [1.82, 2.24) is 0 Å². The number of aryl methyl sites for hydroxylation is 2. The number of anilines is 1. The number of methoxy groups -OCH3 is 1. The van der Waals surface area contributed by atoms with Crippen LogP contribution in [0.15, 0.2) is 41.3 Å². The lowest BCUT2D eigenvalue weighted by molar-refractivity contribution is -0.386. The van der Waals surface area contributed by atoms with E-state index in [1.165, 1.54) is 19.2 Å². The molecule has 0 aliphatic carbocycles. The van der Waals surface area contributed by atoms with E-state index in [0.717, 1.165) is 17.2 Å². The second-order valence-corrected chi connectivity index (χ2v) is 6.84. The highest BCUT2D eigenvalue weighted by Gasteiger charge is 2.23. The molecule has 0 saturated carbocycles. The fraction of sp³-hybridized carbons (Fsp3) is 0.250. The molecule has 2 aromatic rings. The van der Waals surface area contributed by atoms with E-state index in [4.69, 9.17) is 4.74 Å². The normalized spacial score (nSPS) is 11.1. The van der Waals surface area contributed by atoms with Crippen LogP contribution in [0.1, 0.15) is 18.1 Å². The summed E-state index contributed by atoms with van der Waals surface area (Å²) in [5.41, 5.74) is 1.72. The van der Waals surface area contributed by atoms with E-state index in [2.05, 4.69) is 4.72 Å². The third-order valence-corrected chi connectivity index (χ3v) is 4.98. The number of rotatable bonds is 6. The summed E-state index contributed by atoms with van der Waals surface area (Å²) >= 11 is 0. The molecule has 0 fully saturated rings. The van der Waals surface area contributed by atoms with Crippen LogP contribution in [0.5, 0.6) is 5.75 Å². The number of benzene rings is 2. The lowest BCUT2D eigenvalue weighted by atomic mass is 10.1. The zero-order chi connectivity index (χ0) is 17.9. The summed E-state index contributed by atoms with van der Waals surface area (Å²) in [4.78, 5) is 10.2. The fourth-order valence-electron chi connectivity index (χ4n) is 2.34. The summed E-state index contributed by atoms with van der Waals surface area (Å²) in [6.07, 6.45) is 0.655. The molecule has 0 radical (unpaired) electrons. The maximum absolute atomic E-state index is 12.6. The molecule has 8 heteroatoms. The van der Waals surface area contributed by atoms with E-state index < -0.39 is 20.6 Å². The molecule has 0 atom stereocenters. The highest BCUT2D eigenvalue weighted by Crippen LogP contribution is 2.31. The molecule has 0 heterocycles. The zero-order valence-electron chi connectivity index (χ0n) is 13.6. The topological polar surface area (TPSA) is 98.5 Å². The predicted molar refractivity (Wildman–Crippen MR) is 91.0 cm³/mol. The first-order chi connectivity index (χ1) is 11.3. The van der Waals surface area contributed by atoms with Crippen molar-refractivity contribution in [2.24, 2.45) is 0 Å². The average Bonchev–Trinajstić information content (AvgIpc) is 2.55. The molecule has 1 N–H and O–H groups in total. The van der Waals surface area contributed by atoms with E-state index in [0.29, 0.717) is 12.1 Å². The summed E-state index contributed by atoms with van der Waals surface area (Å²) in [7, 11) is -2.67. The Kier molecular flexibility index (Phi) is 5.08. The van der Waals surface area contributed by atoms with E-state index >= 15 is 0 Å². The Balaban J connectivity index is 2.49. The van der Waals surface area contributed by atoms with Crippen LogP contribution >= 0.6 is 0 Å². The van der Waals surface area contributed by atoms with Crippen LogP contribution < -0.4 is 9.46 Å². The van der Waals surface area contributed by atoms with Crippen molar-refractivity contribution in [3.63, 3.8) is 0 Å². The number of hydrogen-bond donors (Lipinski definition) is 1. The number of sulfonamides is 1. The van der Waals surface area contributed by atoms with E-state index in [1.807, 2.05) is 19.1 Å². The number of nitrogens with zero attached hydrogens (tertiary/aromatic N) is 1. The number of hydrogen-bond acceptors (Lipinski definition) is 5. The highest BCUT2D eigenvalue weighted by molar-refractivity contribution is 7.92. The van der Waals surface area contributed by atoms with Crippen molar-refractivity contribution in [3.8, 4) is 5.75 Å². The van der Waals surface area contributed by atoms with Gasteiger partial charge in [-0.1, -0.05) is 25.1 Å². The third-order valence-electron chi connectivity index (χ3n) is 3.63. The molecule has 2 aromatic carbocycles. The Morgan fingerprint density at radius 2 is 1.96 bits per heavy atom. The Bertz CT molecular complexity index is 878. The summed E-state index contributed by atoms with van der Waals surface area (Å²) in [5, 5.41) is 11.1.